The Morgan fingerprint density at radius 2 is 2.32 bits per heavy atom. The summed E-state index contributed by atoms with van der Waals surface area (Å²) in [6.07, 6.45) is 4.78. The first-order valence-corrected chi connectivity index (χ1v) is 7.47. The van der Waals surface area contributed by atoms with Gasteiger partial charge in [0.1, 0.15) is 0 Å². The molecule has 2 atom stereocenters. The third-order valence-electron chi connectivity index (χ3n) is 4.90. The molecule has 1 aromatic rings. The summed E-state index contributed by atoms with van der Waals surface area (Å²) in [5.74, 6) is 1.07. The normalized spacial score (nSPS) is 28.5. The molecule has 1 aliphatic carbocycles. The summed E-state index contributed by atoms with van der Waals surface area (Å²) in [6, 6.07) is 6.78. The van der Waals surface area contributed by atoms with Crippen molar-refractivity contribution in [3.63, 3.8) is 0 Å². The van der Waals surface area contributed by atoms with Crippen LogP contribution in [0.4, 0.5) is 0 Å². The van der Waals surface area contributed by atoms with E-state index < -0.39 is 0 Å². The number of carbonyl (C=O) groups is 1. The average Bonchev–Trinajstić information content (AvgIpc) is 3.25. The number of nitrogens with one attached hydrogen (secondary N) is 1. The van der Waals surface area contributed by atoms with Crippen molar-refractivity contribution in [2.45, 2.75) is 38.3 Å². The number of carbonyl (C=O) groups excluding carboxylic acids is 1. The molecule has 0 aromatic heterocycles. The van der Waals surface area contributed by atoms with E-state index in [1.807, 2.05) is 12.1 Å². The second-order valence-electron chi connectivity index (χ2n) is 6.07. The summed E-state index contributed by atoms with van der Waals surface area (Å²) < 4.78 is 0. The molecular formula is C16H20N2O. The van der Waals surface area contributed by atoms with Crippen LogP contribution in [-0.4, -0.2) is 29.9 Å². The molecule has 0 spiro atoms. The standard InChI is InChI=1S/C16H20N2O/c19-16(18-8-2-4-12-9-15(12)18)13-5-1-3-11-6-7-17-10-14(11)13/h1,3,5,12,15,17H,2,4,6-10H2. The molecule has 3 nitrogen and oxygen atoms in total. The number of piperidine rings is 1. The minimum Gasteiger partial charge on any atom is -0.335 e. The van der Waals surface area contributed by atoms with Crippen LogP contribution < -0.4 is 5.32 Å². The van der Waals surface area contributed by atoms with Crippen LogP contribution in [0.15, 0.2) is 18.2 Å². The third kappa shape index (κ3) is 1.88. The molecule has 4 rings (SSSR count). The monoisotopic (exact) mass is 256 g/mol. The average molecular weight is 256 g/mol. The van der Waals surface area contributed by atoms with E-state index in [9.17, 15) is 4.79 Å². The van der Waals surface area contributed by atoms with Crippen LogP contribution in [0.2, 0.25) is 0 Å². The van der Waals surface area contributed by atoms with Crippen molar-refractivity contribution in [1.82, 2.24) is 10.2 Å². The largest absolute Gasteiger partial charge is 0.335 e. The molecule has 3 heteroatoms. The first-order chi connectivity index (χ1) is 9.34. The van der Waals surface area contributed by atoms with Gasteiger partial charge in [-0.25, -0.2) is 0 Å². The van der Waals surface area contributed by atoms with Crippen molar-refractivity contribution in [2.24, 2.45) is 5.92 Å². The van der Waals surface area contributed by atoms with Gasteiger partial charge >= 0.3 is 0 Å². The fraction of sp³-hybridized carbons (Fsp3) is 0.562. The molecule has 2 fully saturated rings. The van der Waals surface area contributed by atoms with Crippen LogP contribution in [0.5, 0.6) is 0 Å². The van der Waals surface area contributed by atoms with E-state index in [-0.39, 0.29) is 5.91 Å². The molecule has 1 saturated heterocycles. The number of likely N-dealkylation sites (tertiary alicyclic amines) is 1. The van der Waals surface area contributed by atoms with Crippen LogP contribution in [0, 0.1) is 5.92 Å². The van der Waals surface area contributed by atoms with Crippen LogP contribution in [-0.2, 0) is 13.0 Å². The summed E-state index contributed by atoms with van der Waals surface area (Å²) in [4.78, 5) is 14.9. The second kappa shape index (κ2) is 4.34. The summed E-state index contributed by atoms with van der Waals surface area (Å²) in [7, 11) is 0. The fourth-order valence-corrected chi connectivity index (χ4v) is 3.73. The van der Waals surface area contributed by atoms with Crippen molar-refractivity contribution < 1.29 is 4.79 Å². The van der Waals surface area contributed by atoms with E-state index >= 15 is 0 Å². The Kier molecular flexibility index (Phi) is 2.62. The maximum atomic E-state index is 12.8. The van der Waals surface area contributed by atoms with Crippen molar-refractivity contribution in [3.05, 3.63) is 34.9 Å². The summed E-state index contributed by atoms with van der Waals surface area (Å²) in [5, 5.41) is 3.39. The predicted molar refractivity (Wildman–Crippen MR) is 74.0 cm³/mol. The molecule has 1 saturated carbocycles. The summed E-state index contributed by atoms with van der Waals surface area (Å²) in [5.41, 5.74) is 3.53. The number of hydrogen-bond donors (Lipinski definition) is 1. The van der Waals surface area contributed by atoms with Crippen molar-refractivity contribution in [1.29, 1.82) is 0 Å². The molecular weight excluding hydrogens is 236 g/mol. The van der Waals surface area contributed by atoms with Gasteiger partial charge in [0, 0.05) is 24.7 Å². The molecule has 1 N–H and O–H groups in total. The van der Waals surface area contributed by atoms with Crippen molar-refractivity contribution in [2.75, 3.05) is 13.1 Å². The van der Waals surface area contributed by atoms with Crippen LogP contribution in [0.25, 0.3) is 0 Å². The van der Waals surface area contributed by atoms with Gasteiger partial charge in [-0.1, -0.05) is 12.1 Å². The van der Waals surface area contributed by atoms with Crippen molar-refractivity contribution >= 4 is 5.91 Å². The molecule has 1 aromatic carbocycles. The zero-order chi connectivity index (χ0) is 12.8. The van der Waals surface area contributed by atoms with Gasteiger partial charge in [-0.3, -0.25) is 4.79 Å². The smallest absolute Gasteiger partial charge is 0.254 e. The van der Waals surface area contributed by atoms with Gasteiger partial charge in [0.2, 0.25) is 0 Å². The lowest BCUT2D eigenvalue weighted by atomic mass is 9.95. The molecule has 3 aliphatic rings. The molecule has 2 heterocycles. The van der Waals surface area contributed by atoms with E-state index in [1.165, 1.54) is 30.4 Å². The number of benzene rings is 1. The highest BCUT2D eigenvalue weighted by molar-refractivity contribution is 5.96. The van der Waals surface area contributed by atoms with Gasteiger partial charge in [-0.2, -0.15) is 0 Å². The van der Waals surface area contributed by atoms with E-state index in [2.05, 4.69) is 16.3 Å². The minimum absolute atomic E-state index is 0.271. The molecule has 100 valence electrons. The van der Waals surface area contributed by atoms with E-state index in [1.54, 1.807) is 0 Å². The predicted octanol–water partition coefficient (Wildman–Crippen LogP) is 1.96. The fourth-order valence-electron chi connectivity index (χ4n) is 3.73. The van der Waals surface area contributed by atoms with Gasteiger partial charge in [0.25, 0.3) is 5.91 Å². The Labute approximate surface area is 114 Å². The second-order valence-corrected chi connectivity index (χ2v) is 6.07. The number of amides is 1. The summed E-state index contributed by atoms with van der Waals surface area (Å²) >= 11 is 0. The zero-order valence-corrected chi connectivity index (χ0v) is 11.2. The topological polar surface area (TPSA) is 32.3 Å². The number of hydrogen-bond acceptors (Lipinski definition) is 2. The van der Waals surface area contributed by atoms with Crippen molar-refractivity contribution in [3.8, 4) is 0 Å². The highest BCUT2D eigenvalue weighted by Crippen LogP contribution is 2.43. The van der Waals surface area contributed by atoms with Gasteiger partial charge in [0.05, 0.1) is 0 Å². The molecule has 1 amide bonds. The van der Waals surface area contributed by atoms with Gasteiger partial charge in [-0.15, -0.1) is 0 Å². The lowest BCUT2D eigenvalue weighted by Gasteiger charge is -2.29. The minimum atomic E-state index is 0.271. The molecule has 2 aliphatic heterocycles. The van der Waals surface area contributed by atoms with E-state index in [0.717, 1.165) is 37.5 Å². The number of nitrogens with zero attached hydrogens (tertiary/aromatic N) is 1. The zero-order valence-electron chi connectivity index (χ0n) is 11.2. The van der Waals surface area contributed by atoms with E-state index in [0.29, 0.717) is 6.04 Å². The third-order valence-corrected chi connectivity index (χ3v) is 4.90. The lowest BCUT2D eigenvalue weighted by molar-refractivity contribution is 0.0704. The van der Waals surface area contributed by atoms with Crippen LogP contribution in [0.3, 0.4) is 0 Å². The quantitative estimate of drug-likeness (QED) is 0.833. The van der Waals surface area contributed by atoms with Gasteiger partial charge in [0.15, 0.2) is 0 Å². The molecule has 19 heavy (non-hydrogen) atoms. The molecule has 2 unspecified atom stereocenters. The maximum Gasteiger partial charge on any atom is 0.254 e. The maximum absolute atomic E-state index is 12.8. The number of fused-ring (bicyclic) bond motifs is 2. The SMILES string of the molecule is O=C(c1cccc2c1CNCC2)N1CCCC2CC21. The Morgan fingerprint density at radius 1 is 1.37 bits per heavy atom. The van der Waals surface area contributed by atoms with Gasteiger partial charge in [-0.05, 0) is 55.3 Å². The first-order valence-electron chi connectivity index (χ1n) is 7.47. The lowest BCUT2D eigenvalue weighted by Crippen LogP contribution is -2.38. The number of rotatable bonds is 1. The first kappa shape index (κ1) is 11.5. The Hall–Kier alpha value is -1.35. The van der Waals surface area contributed by atoms with Gasteiger partial charge < -0.3 is 10.2 Å². The highest BCUT2D eigenvalue weighted by atomic mass is 16.2. The molecule has 0 bridgehead atoms. The van der Waals surface area contributed by atoms with Crippen LogP contribution >= 0.6 is 0 Å². The van der Waals surface area contributed by atoms with Crippen LogP contribution in [0.1, 0.15) is 40.7 Å². The molecule has 0 radical (unpaired) electrons. The van der Waals surface area contributed by atoms with E-state index in [4.69, 9.17) is 0 Å². The Balaban J connectivity index is 1.66. The Morgan fingerprint density at radius 3 is 3.26 bits per heavy atom. The summed E-state index contributed by atoms with van der Waals surface area (Å²) in [6.45, 7) is 2.83. The highest BCUT2D eigenvalue weighted by Gasteiger charge is 2.46. The Bertz CT molecular complexity index is 525.